The molecule has 2 aromatic carbocycles. The standard InChI is InChI=1S/C23H26FN4O7PS/c1-13(34-2)9-10-28-18-8-5-14(24)11-16(18)21(29)20(23(28)30)22-25-17-7-6-15(27-37(4,32)33)12-19(17)36(31,26-22)35-3/h5-8,11-13,27,29H,9-10H2,1-4H3,(H,25,26,31). The third-order valence-electron chi connectivity index (χ3n) is 5.94. The second-order valence-corrected chi connectivity index (χ2v) is 12.4. The summed E-state index contributed by atoms with van der Waals surface area (Å²) in [5.41, 5.74) is -0.291. The number of sulfonamides is 1. The number of hydrogen-bond acceptors (Lipinski definition) is 8. The van der Waals surface area contributed by atoms with Gasteiger partial charge in [-0.15, -0.1) is 0 Å². The van der Waals surface area contributed by atoms with E-state index in [1.807, 2.05) is 6.92 Å². The van der Waals surface area contributed by atoms with E-state index in [4.69, 9.17) is 9.26 Å². The Balaban J connectivity index is 1.91. The lowest BCUT2D eigenvalue weighted by Gasteiger charge is -2.25. The molecule has 2 heterocycles. The minimum absolute atomic E-state index is 0.0629. The fraction of sp³-hybridized carbons (Fsp3) is 0.304. The number of fused-ring (bicyclic) bond motifs is 2. The van der Waals surface area contributed by atoms with Gasteiger partial charge < -0.3 is 24.3 Å². The molecule has 1 aromatic heterocycles. The summed E-state index contributed by atoms with van der Waals surface area (Å²) in [6, 6.07) is 7.86. The smallest absolute Gasteiger partial charge is 0.348 e. The number of anilines is 2. The number of nitrogens with one attached hydrogen (secondary N) is 2. The fourth-order valence-electron chi connectivity index (χ4n) is 4.02. The molecule has 0 amide bonds. The van der Waals surface area contributed by atoms with Crippen LogP contribution in [0.3, 0.4) is 0 Å². The van der Waals surface area contributed by atoms with Gasteiger partial charge in [0, 0.05) is 31.8 Å². The quantitative estimate of drug-likeness (QED) is 0.361. The van der Waals surface area contributed by atoms with Crippen molar-refractivity contribution < 1.29 is 31.7 Å². The summed E-state index contributed by atoms with van der Waals surface area (Å²) in [5.74, 6) is -1.39. The highest BCUT2D eigenvalue weighted by Crippen LogP contribution is 2.52. The van der Waals surface area contributed by atoms with E-state index in [2.05, 4.69) is 14.8 Å². The predicted octanol–water partition coefficient (Wildman–Crippen LogP) is 2.98. The summed E-state index contributed by atoms with van der Waals surface area (Å²) < 4.78 is 69.5. The van der Waals surface area contributed by atoms with Crippen molar-refractivity contribution in [1.82, 2.24) is 4.57 Å². The number of hydrogen-bond donors (Lipinski definition) is 3. The zero-order chi connectivity index (χ0) is 27.1. The zero-order valence-electron chi connectivity index (χ0n) is 20.5. The average Bonchev–Trinajstić information content (AvgIpc) is 2.83. The van der Waals surface area contributed by atoms with Crippen molar-refractivity contribution >= 4 is 51.0 Å². The van der Waals surface area contributed by atoms with Crippen molar-refractivity contribution in [1.29, 1.82) is 0 Å². The number of halogens is 1. The first-order chi connectivity index (χ1) is 17.4. The van der Waals surface area contributed by atoms with E-state index in [1.165, 1.54) is 34.9 Å². The molecule has 11 nitrogen and oxygen atoms in total. The van der Waals surface area contributed by atoms with Crippen molar-refractivity contribution in [2.24, 2.45) is 4.76 Å². The van der Waals surface area contributed by atoms with Crippen LogP contribution in [0.25, 0.3) is 10.9 Å². The highest BCUT2D eigenvalue weighted by atomic mass is 32.2. The molecule has 0 aliphatic carbocycles. The van der Waals surface area contributed by atoms with Crippen LogP contribution in [0.2, 0.25) is 0 Å². The molecule has 1 aliphatic rings. The molecule has 0 saturated carbocycles. The Morgan fingerprint density at radius 1 is 1.24 bits per heavy atom. The molecule has 2 unspecified atom stereocenters. The maximum atomic E-state index is 14.1. The molecule has 3 N–H and O–H groups in total. The van der Waals surface area contributed by atoms with Gasteiger partial charge in [-0.25, -0.2) is 12.8 Å². The van der Waals surface area contributed by atoms with E-state index >= 15 is 0 Å². The van der Waals surface area contributed by atoms with E-state index in [-0.39, 0.29) is 46.1 Å². The van der Waals surface area contributed by atoms with Crippen molar-refractivity contribution in [2.45, 2.75) is 26.0 Å². The minimum Gasteiger partial charge on any atom is -0.506 e. The maximum absolute atomic E-state index is 14.1. The number of methoxy groups -OCH3 is 1. The topological polar surface area (TPSA) is 148 Å². The van der Waals surface area contributed by atoms with Gasteiger partial charge in [-0.1, -0.05) is 0 Å². The molecule has 0 saturated heterocycles. The summed E-state index contributed by atoms with van der Waals surface area (Å²) >= 11 is 0. The number of ether oxygens (including phenoxy) is 1. The lowest BCUT2D eigenvalue weighted by atomic mass is 10.1. The predicted molar refractivity (Wildman–Crippen MR) is 140 cm³/mol. The molecular formula is C23H26FN4O7PS. The second-order valence-electron chi connectivity index (χ2n) is 8.56. The van der Waals surface area contributed by atoms with E-state index in [9.17, 15) is 27.3 Å². The number of aromatic hydroxyl groups is 1. The van der Waals surface area contributed by atoms with Gasteiger partial charge in [-0.3, -0.25) is 14.1 Å². The molecule has 0 spiro atoms. The molecule has 1 aliphatic heterocycles. The summed E-state index contributed by atoms with van der Waals surface area (Å²) in [7, 11) is -4.93. The third-order valence-corrected chi connectivity index (χ3v) is 8.48. The SMILES string of the molecule is COC(C)CCn1c(=O)c(C2=NP(=O)(OC)c3cc(NS(C)(=O)=O)ccc3N2)c(O)c2cc(F)ccc21. The Morgan fingerprint density at radius 3 is 2.62 bits per heavy atom. The largest absolute Gasteiger partial charge is 0.506 e. The van der Waals surface area contributed by atoms with Crippen LogP contribution >= 0.6 is 7.52 Å². The van der Waals surface area contributed by atoms with Crippen LogP contribution in [-0.4, -0.2) is 50.5 Å². The Hall–Kier alpha value is -3.25. The molecule has 0 fully saturated rings. The van der Waals surface area contributed by atoms with Gasteiger partial charge in [0.1, 0.15) is 17.1 Å². The first-order valence-corrected chi connectivity index (χ1v) is 14.6. The van der Waals surface area contributed by atoms with Gasteiger partial charge in [0.05, 0.1) is 28.9 Å². The molecule has 0 radical (unpaired) electrons. The van der Waals surface area contributed by atoms with Crippen LogP contribution in [0.15, 0.2) is 46.0 Å². The van der Waals surface area contributed by atoms with E-state index in [0.29, 0.717) is 11.9 Å². The number of nitrogens with zero attached hydrogens (tertiary/aromatic N) is 2. The summed E-state index contributed by atoms with van der Waals surface area (Å²) in [5, 5.41) is 14.1. The summed E-state index contributed by atoms with van der Waals surface area (Å²) in [6.07, 6.45) is 1.24. The van der Waals surface area contributed by atoms with Crippen LogP contribution in [0, 0.1) is 5.82 Å². The van der Waals surface area contributed by atoms with Gasteiger partial charge in [-0.2, -0.15) is 4.76 Å². The van der Waals surface area contributed by atoms with Crippen molar-refractivity contribution in [3.63, 3.8) is 0 Å². The second kappa shape index (κ2) is 9.90. The van der Waals surface area contributed by atoms with Crippen LogP contribution in [0.5, 0.6) is 5.75 Å². The number of pyridine rings is 1. The maximum Gasteiger partial charge on any atom is 0.348 e. The Bertz CT molecular complexity index is 1640. The Kier molecular flexibility index (Phi) is 7.17. The molecule has 0 bridgehead atoms. The molecule has 198 valence electrons. The van der Waals surface area contributed by atoms with Crippen molar-refractivity contribution in [3.8, 4) is 5.75 Å². The molecule has 4 rings (SSSR count). The Morgan fingerprint density at radius 2 is 1.97 bits per heavy atom. The van der Waals surface area contributed by atoms with Gasteiger partial charge in [0.2, 0.25) is 10.0 Å². The van der Waals surface area contributed by atoms with Crippen molar-refractivity contribution in [3.05, 3.63) is 58.1 Å². The molecular weight excluding hydrogens is 526 g/mol. The van der Waals surface area contributed by atoms with Gasteiger partial charge >= 0.3 is 7.52 Å². The summed E-state index contributed by atoms with van der Waals surface area (Å²) in [4.78, 5) is 13.7. The highest BCUT2D eigenvalue weighted by Gasteiger charge is 2.35. The van der Waals surface area contributed by atoms with Gasteiger partial charge in [0.15, 0.2) is 5.84 Å². The van der Waals surface area contributed by atoms with Gasteiger partial charge in [0.25, 0.3) is 5.56 Å². The number of benzene rings is 2. The lowest BCUT2D eigenvalue weighted by Crippen LogP contribution is -2.34. The number of amidine groups is 1. The number of aromatic nitrogens is 1. The number of aryl methyl sites for hydroxylation is 1. The first kappa shape index (κ1) is 26.8. The molecule has 2 atom stereocenters. The fourth-order valence-corrected chi connectivity index (χ4v) is 6.11. The lowest BCUT2D eigenvalue weighted by molar-refractivity contribution is 0.107. The van der Waals surface area contributed by atoms with Crippen LogP contribution < -0.4 is 20.9 Å². The average molecular weight is 553 g/mol. The molecule has 3 aromatic rings. The summed E-state index contributed by atoms with van der Waals surface area (Å²) in [6.45, 7) is 2.02. The van der Waals surface area contributed by atoms with Crippen LogP contribution in [-0.2, 0) is 30.4 Å². The highest BCUT2D eigenvalue weighted by molar-refractivity contribution is 7.92. The molecule has 37 heavy (non-hydrogen) atoms. The van der Waals surface area contributed by atoms with Crippen LogP contribution in [0.1, 0.15) is 18.9 Å². The number of rotatable bonds is 8. The van der Waals surface area contributed by atoms with E-state index in [0.717, 1.165) is 19.4 Å². The zero-order valence-corrected chi connectivity index (χ0v) is 22.2. The third kappa shape index (κ3) is 5.26. The van der Waals surface area contributed by atoms with E-state index in [1.54, 1.807) is 7.11 Å². The monoisotopic (exact) mass is 552 g/mol. The van der Waals surface area contributed by atoms with Crippen molar-refractivity contribution in [2.75, 3.05) is 30.5 Å². The first-order valence-electron chi connectivity index (χ1n) is 11.1. The Labute approximate surface area is 212 Å². The van der Waals surface area contributed by atoms with Crippen LogP contribution in [0.4, 0.5) is 15.8 Å². The molecule has 14 heteroatoms. The van der Waals surface area contributed by atoms with E-state index < -0.39 is 34.7 Å². The van der Waals surface area contributed by atoms with Gasteiger partial charge in [-0.05, 0) is 49.7 Å². The minimum atomic E-state index is -4.02. The normalized spacial score (nSPS) is 18.1.